The molecule has 0 rings (SSSR count). The Balaban J connectivity index is 3.10. The summed E-state index contributed by atoms with van der Waals surface area (Å²) in [6.45, 7) is 6.58. The molecule has 0 aliphatic heterocycles. The molecule has 0 radical (unpaired) electrons. The van der Waals surface area contributed by atoms with Crippen molar-refractivity contribution in [2.24, 2.45) is 0 Å². The highest BCUT2D eigenvalue weighted by Gasteiger charge is 2.00. The van der Waals surface area contributed by atoms with E-state index in [1.807, 2.05) is 13.8 Å². The maximum atomic E-state index is 10.8. The Hall–Kier alpha value is -0.130. The summed E-state index contributed by atoms with van der Waals surface area (Å²) in [5, 5.41) is 3.23. The first-order chi connectivity index (χ1) is 7.42. The molecule has 0 aliphatic rings. The van der Waals surface area contributed by atoms with E-state index in [4.69, 9.17) is 4.74 Å². The third-order valence-corrected chi connectivity index (χ3v) is 3.10. The van der Waals surface area contributed by atoms with Crippen LogP contribution in [0, 0.1) is 0 Å². The Kier molecular flexibility index (Phi) is 8.89. The average Bonchev–Trinajstić information content (AvgIpc) is 2.13. The Morgan fingerprint density at radius 1 is 1.12 bits per heavy atom. The van der Waals surface area contributed by atoms with Crippen molar-refractivity contribution in [2.45, 2.75) is 39.2 Å². The van der Waals surface area contributed by atoms with Crippen molar-refractivity contribution in [3.05, 3.63) is 0 Å². The van der Waals surface area contributed by atoms with Gasteiger partial charge in [-0.25, -0.2) is 8.42 Å². The van der Waals surface area contributed by atoms with Crippen LogP contribution in [0.5, 0.6) is 0 Å². The Morgan fingerprint density at radius 2 is 1.75 bits per heavy atom. The molecule has 0 aliphatic carbocycles. The highest BCUT2D eigenvalue weighted by Crippen LogP contribution is 1.93. The lowest BCUT2D eigenvalue weighted by Crippen LogP contribution is -2.19. The third kappa shape index (κ3) is 13.9. The molecule has 5 heteroatoms. The monoisotopic (exact) mass is 251 g/mol. The number of hydrogen-bond acceptors (Lipinski definition) is 4. The van der Waals surface area contributed by atoms with Gasteiger partial charge in [0.2, 0.25) is 0 Å². The first-order valence-corrected chi connectivity index (χ1v) is 7.98. The summed E-state index contributed by atoms with van der Waals surface area (Å²) >= 11 is 0. The van der Waals surface area contributed by atoms with E-state index in [9.17, 15) is 8.42 Å². The van der Waals surface area contributed by atoms with Crippen LogP contribution in [-0.2, 0) is 14.6 Å². The van der Waals surface area contributed by atoms with Gasteiger partial charge in [-0.15, -0.1) is 0 Å². The third-order valence-electron chi connectivity index (χ3n) is 2.07. The molecule has 1 N–H and O–H groups in total. The van der Waals surface area contributed by atoms with Crippen LogP contribution < -0.4 is 5.32 Å². The van der Waals surface area contributed by atoms with Crippen molar-refractivity contribution in [1.29, 1.82) is 0 Å². The minimum Gasteiger partial charge on any atom is -0.379 e. The van der Waals surface area contributed by atoms with Gasteiger partial charge in [0, 0.05) is 12.9 Å². The number of hydrogen-bond donors (Lipinski definition) is 1. The fourth-order valence-corrected chi connectivity index (χ4v) is 1.92. The molecule has 0 spiro atoms. The average molecular weight is 251 g/mol. The summed E-state index contributed by atoms with van der Waals surface area (Å²) in [5.74, 6) is 0.274. The fraction of sp³-hybridized carbons (Fsp3) is 1.00. The summed E-state index contributed by atoms with van der Waals surface area (Å²) in [4.78, 5) is 0. The first-order valence-electron chi connectivity index (χ1n) is 5.92. The molecule has 0 amide bonds. The first kappa shape index (κ1) is 15.9. The van der Waals surface area contributed by atoms with Gasteiger partial charge >= 0.3 is 0 Å². The SMILES string of the molecule is CC(C)OCCCCNCCCS(C)(=O)=O. The summed E-state index contributed by atoms with van der Waals surface area (Å²) in [6, 6.07) is 0. The van der Waals surface area contributed by atoms with Gasteiger partial charge in [-0.05, 0) is 46.2 Å². The van der Waals surface area contributed by atoms with Gasteiger partial charge in [0.15, 0.2) is 0 Å². The lowest BCUT2D eigenvalue weighted by atomic mass is 10.3. The van der Waals surface area contributed by atoms with Gasteiger partial charge in [0.05, 0.1) is 11.9 Å². The van der Waals surface area contributed by atoms with Crippen LogP contribution in [0.15, 0.2) is 0 Å². The number of ether oxygens (including phenoxy) is 1. The molecule has 0 aromatic rings. The number of rotatable bonds is 10. The van der Waals surface area contributed by atoms with Gasteiger partial charge in [-0.3, -0.25) is 0 Å². The van der Waals surface area contributed by atoms with Crippen molar-refractivity contribution >= 4 is 9.84 Å². The molecule has 4 nitrogen and oxygen atoms in total. The van der Waals surface area contributed by atoms with Crippen molar-refractivity contribution in [1.82, 2.24) is 5.32 Å². The highest BCUT2D eigenvalue weighted by molar-refractivity contribution is 7.90. The Labute approximate surface area is 99.7 Å². The predicted molar refractivity (Wildman–Crippen MR) is 67.5 cm³/mol. The number of unbranched alkanes of at least 4 members (excludes halogenated alkanes) is 1. The van der Waals surface area contributed by atoms with Gasteiger partial charge in [-0.2, -0.15) is 0 Å². The van der Waals surface area contributed by atoms with Crippen LogP contribution in [0.1, 0.15) is 33.1 Å². The van der Waals surface area contributed by atoms with E-state index in [0.29, 0.717) is 12.5 Å². The van der Waals surface area contributed by atoms with E-state index in [1.165, 1.54) is 6.26 Å². The molecule has 0 saturated heterocycles. The van der Waals surface area contributed by atoms with Gasteiger partial charge in [-0.1, -0.05) is 0 Å². The van der Waals surface area contributed by atoms with Crippen LogP contribution in [0.4, 0.5) is 0 Å². The molecule has 0 fully saturated rings. The zero-order valence-corrected chi connectivity index (χ0v) is 11.5. The molecule has 0 saturated carbocycles. The molecule has 0 aromatic carbocycles. The van der Waals surface area contributed by atoms with E-state index in [2.05, 4.69) is 5.32 Å². The van der Waals surface area contributed by atoms with Crippen molar-refractivity contribution < 1.29 is 13.2 Å². The summed E-state index contributed by atoms with van der Waals surface area (Å²) in [6.07, 6.45) is 4.41. The van der Waals surface area contributed by atoms with Crippen molar-refractivity contribution in [3.63, 3.8) is 0 Å². The molecule has 0 atom stereocenters. The summed E-state index contributed by atoms with van der Waals surface area (Å²) in [7, 11) is -2.80. The smallest absolute Gasteiger partial charge is 0.147 e. The van der Waals surface area contributed by atoms with Crippen LogP contribution >= 0.6 is 0 Å². The zero-order valence-electron chi connectivity index (χ0n) is 10.7. The highest BCUT2D eigenvalue weighted by atomic mass is 32.2. The standard InChI is InChI=1S/C11H25NO3S/c1-11(2)15-9-5-4-7-12-8-6-10-16(3,13)14/h11-12H,4-10H2,1-3H3. The predicted octanol–water partition coefficient (Wildman–Crippen LogP) is 1.22. The molecule has 0 unspecified atom stereocenters. The van der Waals surface area contributed by atoms with Crippen LogP contribution in [0.3, 0.4) is 0 Å². The second-order valence-electron chi connectivity index (χ2n) is 4.36. The van der Waals surface area contributed by atoms with Crippen LogP contribution in [0.2, 0.25) is 0 Å². The maximum Gasteiger partial charge on any atom is 0.147 e. The van der Waals surface area contributed by atoms with Gasteiger partial charge in [0.25, 0.3) is 0 Å². The Morgan fingerprint density at radius 3 is 2.31 bits per heavy atom. The summed E-state index contributed by atoms with van der Waals surface area (Å²) < 4.78 is 27.1. The van der Waals surface area contributed by atoms with E-state index in [0.717, 1.165) is 32.5 Å². The molecule has 16 heavy (non-hydrogen) atoms. The minimum absolute atomic E-state index is 0.274. The molecular weight excluding hydrogens is 226 g/mol. The largest absolute Gasteiger partial charge is 0.379 e. The Bertz CT molecular complexity index is 250. The van der Waals surface area contributed by atoms with E-state index in [1.54, 1.807) is 0 Å². The van der Waals surface area contributed by atoms with Crippen molar-refractivity contribution in [2.75, 3.05) is 31.7 Å². The van der Waals surface area contributed by atoms with Gasteiger partial charge < -0.3 is 10.1 Å². The fourth-order valence-electron chi connectivity index (χ4n) is 1.26. The minimum atomic E-state index is -2.80. The second-order valence-corrected chi connectivity index (χ2v) is 6.62. The lowest BCUT2D eigenvalue weighted by Gasteiger charge is -2.07. The maximum absolute atomic E-state index is 10.8. The topological polar surface area (TPSA) is 55.4 Å². The van der Waals surface area contributed by atoms with E-state index in [-0.39, 0.29) is 5.75 Å². The summed E-state index contributed by atoms with van der Waals surface area (Å²) in [5.41, 5.74) is 0. The molecule has 0 aromatic heterocycles. The molecule has 98 valence electrons. The molecular formula is C11H25NO3S. The van der Waals surface area contributed by atoms with E-state index >= 15 is 0 Å². The number of sulfone groups is 1. The van der Waals surface area contributed by atoms with Crippen LogP contribution in [-0.4, -0.2) is 46.2 Å². The van der Waals surface area contributed by atoms with Gasteiger partial charge in [0.1, 0.15) is 9.84 Å². The number of nitrogens with one attached hydrogen (secondary N) is 1. The zero-order chi connectivity index (χ0) is 12.4. The second kappa shape index (κ2) is 8.96. The normalized spacial score (nSPS) is 12.2. The quantitative estimate of drug-likeness (QED) is 0.593. The van der Waals surface area contributed by atoms with Crippen LogP contribution in [0.25, 0.3) is 0 Å². The molecule has 0 bridgehead atoms. The molecule has 0 heterocycles. The van der Waals surface area contributed by atoms with Crippen molar-refractivity contribution in [3.8, 4) is 0 Å². The lowest BCUT2D eigenvalue weighted by molar-refractivity contribution is 0.0760. The van der Waals surface area contributed by atoms with E-state index < -0.39 is 9.84 Å².